The van der Waals surface area contributed by atoms with Gasteiger partial charge in [0.25, 0.3) is 5.69 Å². The number of nitrogens with one attached hydrogen (secondary N) is 3. The highest BCUT2D eigenvalue weighted by Crippen LogP contribution is 2.18. The SMILES string of the molecule is CSCCC(CC(=O)NO)C(=O)NC(CC(C)C)C(=O)Nc1ccc([N+](=O)[O-])cc1. The van der Waals surface area contributed by atoms with E-state index in [9.17, 15) is 24.5 Å². The molecule has 4 N–H and O–H groups in total. The average molecular weight is 441 g/mol. The molecule has 2 atom stereocenters. The first-order valence-corrected chi connectivity index (χ1v) is 10.8. The first-order valence-electron chi connectivity index (χ1n) is 9.45. The minimum absolute atomic E-state index is 0.0983. The van der Waals surface area contributed by atoms with Crippen LogP contribution in [0.15, 0.2) is 24.3 Å². The van der Waals surface area contributed by atoms with Gasteiger partial charge < -0.3 is 10.6 Å². The number of hydrogen-bond donors (Lipinski definition) is 4. The number of nitro groups is 1. The van der Waals surface area contributed by atoms with E-state index in [0.717, 1.165) is 0 Å². The van der Waals surface area contributed by atoms with E-state index < -0.39 is 34.6 Å². The van der Waals surface area contributed by atoms with Gasteiger partial charge in [-0.3, -0.25) is 29.7 Å². The predicted molar refractivity (Wildman–Crippen MR) is 114 cm³/mol. The van der Waals surface area contributed by atoms with Gasteiger partial charge in [-0.15, -0.1) is 0 Å². The number of hydroxylamine groups is 1. The minimum Gasteiger partial charge on any atom is -0.344 e. The molecular formula is C19H28N4O6S. The third-order valence-corrected chi connectivity index (χ3v) is 4.93. The van der Waals surface area contributed by atoms with Crippen molar-refractivity contribution < 1.29 is 24.5 Å². The topological polar surface area (TPSA) is 151 Å². The van der Waals surface area contributed by atoms with Crippen molar-refractivity contribution in [2.45, 2.75) is 39.2 Å². The molecule has 11 heteroatoms. The number of benzene rings is 1. The maximum absolute atomic E-state index is 12.7. The Morgan fingerprint density at radius 3 is 2.30 bits per heavy atom. The second kappa shape index (κ2) is 12.8. The van der Waals surface area contributed by atoms with Gasteiger partial charge in [0.2, 0.25) is 17.7 Å². The van der Waals surface area contributed by atoms with Crippen LogP contribution >= 0.6 is 11.8 Å². The lowest BCUT2D eigenvalue weighted by atomic mass is 9.98. The van der Waals surface area contributed by atoms with E-state index in [1.807, 2.05) is 20.1 Å². The summed E-state index contributed by atoms with van der Waals surface area (Å²) in [5, 5.41) is 24.9. The summed E-state index contributed by atoms with van der Waals surface area (Å²) in [6.07, 6.45) is 2.46. The van der Waals surface area contributed by atoms with Crippen LogP contribution in [0.1, 0.15) is 33.1 Å². The van der Waals surface area contributed by atoms with Gasteiger partial charge in [0.1, 0.15) is 6.04 Å². The average Bonchev–Trinajstić information content (AvgIpc) is 2.70. The summed E-state index contributed by atoms with van der Waals surface area (Å²) >= 11 is 1.52. The lowest BCUT2D eigenvalue weighted by Gasteiger charge is -2.23. The Morgan fingerprint density at radius 2 is 1.80 bits per heavy atom. The van der Waals surface area contributed by atoms with Crippen molar-refractivity contribution in [1.29, 1.82) is 0 Å². The van der Waals surface area contributed by atoms with Gasteiger partial charge in [0, 0.05) is 30.2 Å². The van der Waals surface area contributed by atoms with Crippen molar-refractivity contribution in [3.8, 4) is 0 Å². The molecule has 1 rings (SSSR count). The zero-order chi connectivity index (χ0) is 22.7. The maximum Gasteiger partial charge on any atom is 0.269 e. The van der Waals surface area contributed by atoms with Gasteiger partial charge in [-0.1, -0.05) is 13.8 Å². The normalized spacial score (nSPS) is 12.7. The summed E-state index contributed by atoms with van der Waals surface area (Å²) in [4.78, 5) is 47.2. The standard InChI is InChI=1S/C19H28N4O6S/c1-12(2)10-16(19(26)20-14-4-6-15(7-5-14)23(28)29)21-18(25)13(8-9-30-3)11-17(24)22-27/h4-7,12-13,16,27H,8-11H2,1-3H3,(H,20,26)(H,21,25)(H,22,24). The quantitative estimate of drug-likeness (QED) is 0.221. The molecule has 2 unspecified atom stereocenters. The first kappa shape index (κ1) is 25.4. The van der Waals surface area contributed by atoms with Crippen LogP contribution in [-0.2, 0) is 14.4 Å². The van der Waals surface area contributed by atoms with Crippen molar-refractivity contribution in [2.24, 2.45) is 11.8 Å². The van der Waals surface area contributed by atoms with Gasteiger partial charge >= 0.3 is 0 Å². The fourth-order valence-corrected chi connectivity index (χ4v) is 3.26. The monoisotopic (exact) mass is 440 g/mol. The molecule has 0 fully saturated rings. The van der Waals surface area contributed by atoms with E-state index in [1.54, 1.807) is 0 Å². The number of non-ortho nitro benzene ring substituents is 1. The van der Waals surface area contributed by atoms with Crippen molar-refractivity contribution in [1.82, 2.24) is 10.8 Å². The molecule has 1 aromatic rings. The first-order chi connectivity index (χ1) is 14.2. The number of hydrogen-bond acceptors (Lipinski definition) is 7. The number of thioether (sulfide) groups is 1. The third kappa shape index (κ3) is 8.78. The second-order valence-corrected chi connectivity index (χ2v) is 8.19. The molecule has 0 saturated carbocycles. The molecule has 30 heavy (non-hydrogen) atoms. The Bertz CT molecular complexity index is 741. The Balaban J connectivity index is 2.89. The summed E-state index contributed by atoms with van der Waals surface area (Å²) in [5.41, 5.74) is 1.80. The molecule has 0 radical (unpaired) electrons. The zero-order valence-corrected chi connectivity index (χ0v) is 18.0. The fourth-order valence-electron chi connectivity index (χ4n) is 2.74. The zero-order valence-electron chi connectivity index (χ0n) is 17.2. The van der Waals surface area contributed by atoms with Crippen molar-refractivity contribution >= 4 is 40.9 Å². The summed E-state index contributed by atoms with van der Waals surface area (Å²) < 4.78 is 0. The van der Waals surface area contributed by atoms with Crippen LogP contribution in [0.5, 0.6) is 0 Å². The number of nitro benzene ring substituents is 1. The molecular weight excluding hydrogens is 412 g/mol. The second-order valence-electron chi connectivity index (χ2n) is 7.20. The van der Waals surface area contributed by atoms with Gasteiger partial charge in [0.05, 0.1) is 4.92 Å². The molecule has 10 nitrogen and oxygen atoms in total. The van der Waals surface area contributed by atoms with E-state index in [-0.39, 0.29) is 18.0 Å². The van der Waals surface area contributed by atoms with Crippen molar-refractivity contribution in [3.63, 3.8) is 0 Å². The van der Waals surface area contributed by atoms with E-state index in [4.69, 9.17) is 5.21 Å². The molecule has 0 aliphatic carbocycles. The number of amides is 3. The molecule has 0 bridgehead atoms. The van der Waals surface area contributed by atoms with Crippen LogP contribution in [0.25, 0.3) is 0 Å². The highest BCUT2D eigenvalue weighted by Gasteiger charge is 2.27. The Kier molecular flexibility index (Phi) is 10.8. The highest BCUT2D eigenvalue weighted by atomic mass is 32.2. The Labute approximate surface area is 179 Å². The summed E-state index contributed by atoms with van der Waals surface area (Å²) in [6.45, 7) is 3.81. The van der Waals surface area contributed by atoms with Crippen LogP contribution in [-0.4, -0.2) is 45.9 Å². The van der Waals surface area contributed by atoms with E-state index in [0.29, 0.717) is 24.3 Å². The van der Waals surface area contributed by atoms with Crippen molar-refractivity contribution in [2.75, 3.05) is 17.3 Å². The van der Waals surface area contributed by atoms with E-state index in [2.05, 4.69) is 10.6 Å². The summed E-state index contributed by atoms with van der Waals surface area (Å²) in [6, 6.07) is 4.53. The molecule has 0 heterocycles. The van der Waals surface area contributed by atoms with Gasteiger partial charge in [-0.25, -0.2) is 5.48 Å². The van der Waals surface area contributed by atoms with Gasteiger partial charge in [0.15, 0.2) is 0 Å². The van der Waals surface area contributed by atoms with Crippen molar-refractivity contribution in [3.05, 3.63) is 34.4 Å². The minimum atomic E-state index is -0.846. The maximum atomic E-state index is 12.7. The Hall–Kier alpha value is -2.66. The molecule has 0 aromatic heterocycles. The van der Waals surface area contributed by atoms with Crippen LogP contribution in [0.2, 0.25) is 0 Å². The van der Waals surface area contributed by atoms with Gasteiger partial charge in [-0.05, 0) is 42.9 Å². The number of nitrogens with zero attached hydrogens (tertiary/aromatic N) is 1. The smallest absolute Gasteiger partial charge is 0.269 e. The van der Waals surface area contributed by atoms with Crippen LogP contribution in [0.4, 0.5) is 11.4 Å². The van der Waals surface area contributed by atoms with Gasteiger partial charge in [-0.2, -0.15) is 11.8 Å². The third-order valence-electron chi connectivity index (χ3n) is 4.28. The fraction of sp³-hybridized carbons (Fsp3) is 0.526. The number of anilines is 1. The molecule has 0 spiro atoms. The lowest BCUT2D eigenvalue weighted by Crippen LogP contribution is -2.47. The Morgan fingerprint density at radius 1 is 1.17 bits per heavy atom. The number of carbonyl (C=O) groups is 3. The van der Waals surface area contributed by atoms with Crippen LogP contribution in [0, 0.1) is 22.0 Å². The van der Waals surface area contributed by atoms with Crippen LogP contribution < -0.4 is 16.1 Å². The molecule has 0 aliphatic heterocycles. The molecule has 1 aromatic carbocycles. The van der Waals surface area contributed by atoms with E-state index >= 15 is 0 Å². The summed E-state index contributed by atoms with van der Waals surface area (Å²) in [7, 11) is 0. The lowest BCUT2D eigenvalue weighted by molar-refractivity contribution is -0.384. The van der Waals surface area contributed by atoms with E-state index in [1.165, 1.54) is 41.5 Å². The molecule has 0 saturated heterocycles. The highest BCUT2D eigenvalue weighted by molar-refractivity contribution is 7.98. The summed E-state index contributed by atoms with van der Waals surface area (Å²) in [5.74, 6) is -1.53. The molecule has 166 valence electrons. The predicted octanol–water partition coefficient (Wildman–Crippen LogP) is 2.33. The largest absolute Gasteiger partial charge is 0.344 e. The number of carbonyl (C=O) groups excluding carboxylic acids is 3. The van der Waals surface area contributed by atoms with Crippen LogP contribution in [0.3, 0.4) is 0 Å². The molecule has 0 aliphatic rings. The number of rotatable bonds is 12. The molecule has 3 amide bonds.